The van der Waals surface area contributed by atoms with Crippen molar-refractivity contribution in [3.63, 3.8) is 0 Å². The van der Waals surface area contributed by atoms with E-state index in [0.29, 0.717) is 6.42 Å². The van der Waals surface area contributed by atoms with Gasteiger partial charge in [0.05, 0.1) is 5.41 Å². The molecule has 0 aromatic rings. The number of hydrogen-bond donors (Lipinski definition) is 1. The molecule has 0 saturated heterocycles. The quantitative estimate of drug-likeness (QED) is 0.653. The smallest absolute Gasteiger partial charge is 0.309 e. The first-order chi connectivity index (χ1) is 3.50. The Morgan fingerprint density at radius 2 is 1.70 bits per heavy atom. The zero-order valence-corrected chi connectivity index (χ0v) is 5.56. The predicted octanol–water partition coefficient (Wildman–Crippen LogP) is 2.78. The Morgan fingerprint density at radius 1 is 1.40 bits per heavy atom. The van der Waals surface area contributed by atoms with Crippen LogP contribution in [0.15, 0.2) is 0 Å². The van der Waals surface area contributed by atoms with Crippen LogP contribution in [0.2, 0.25) is 0 Å². The third kappa shape index (κ3) is 4.36. The van der Waals surface area contributed by atoms with Gasteiger partial charge in [0.15, 0.2) is 0 Å². The van der Waals surface area contributed by atoms with Crippen LogP contribution in [0.25, 0.3) is 0 Å². The molecule has 2 heteroatoms. The lowest BCUT2D eigenvalue weighted by atomic mass is 9.91. The molecule has 0 amide bonds. The summed E-state index contributed by atoms with van der Waals surface area (Å²) in [5.74, 6) is -0.722. The van der Waals surface area contributed by atoms with Crippen molar-refractivity contribution in [1.29, 1.82) is 0 Å². The highest BCUT2D eigenvalue weighted by Gasteiger charge is 2.23. The maximum Gasteiger partial charge on any atom is 0.309 e. The minimum absolute atomic E-state index is 0. The number of carbonyl (C=O) groups is 1. The van der Waals surface area contributed by atoms with Crippen molar-refractivity contribution in [3.8, 4) is 0 Å². The number of aliphatic carboxylic acids is 1. The molecule has 0 atom stereocenters. The summed E-state index contributed by atoms with van der Waals surface area (Å²) in [6.07, 6.45) is 0.683. The molecular formula is C8H20O2. The van der Waals surface area contributed by atoms with Gasteiger partial charge in [0.1, 0.15) is 0 Å². The van der Waals surface area contributed by atoms with E-state index in [-0.39, 0.29) is 14.9 Å². The van der Waals surface area contributed by atoms with Crippen LogP contribution in [0.1, 0.15) is 42.0 Å². The number of carboxylic acids is 1. The zero-order chi connectivity index (χ0) is 6.78. The molecule has 0 aliphatic carbocycles. The molecule has 0 rings (SSSR count). The molecule has 2 nitrogen and oxygen atoms in total. The Bertz CT molecular complexity index is 95.4. The molecule has 0 radical (unpaired) electrons. The summed E-state index contributed by atoms with van der Waals surface area (Å²) < 4.78 is 0. The van der Waals surface area contributed by atoms with Crippen LogP contribution in [0.5, 0.6) is 0 Å². The number of hydrogen-bond acceptors (Lipinski definition) is 1. The van der Waals surface area contributed by atoms with E-state index in [4.69, 9.17) is 5.11 Å². The second-order valence-electron chi connectivity index (χ2n) is 2.54. The molecule has 1 N–H and O–H groups in total. The van der Waals surface area contributed by atoms with Gasteiger partial charge >= 0.3 is 5.97 Å². The minimum atomic E-state index is -0.722. The minimum Gasteiger partial charge on any atom is -0.481 e. The van der Waals surface area contributed by atoms with Gasteiger partial charge in [0, 0.05) is 0 Å². The molecule has 0 bridgehead atoms. The Hall–Kier alpha value is -0.530. The molecule has 0 spiro atoms. The average Bonchev–Trinajstić information content (AvgIpc) is 1.67. The van der Waals surface area contributed by atoms with E-state index in [2.05, 4.69) is 0 Å². The highest BCUT2D eigenvalue weighted by Crippen LogP contribution is 2.18. The summed E-state index contributed by atoms with van der Waals surface area (Å²) in [5, 5.41) is 8.44. The van der Waals surface area contributed by atoms with Crippen molar-refractivity contribution < 1.29 is 9.90 Å². The third-order valence-corrected chi connectivity index (χ3v) is 1.46. The molecule has 10 heavy (non-hydrogen) atoms. The monoisotopic (exact) mass is 148 g/mol. The normalized spacial score (nSPS) is 9.10. The largest absolute Gasteiger partial charge is 0.481 e. The maximum atomic E-state index is 10.3. The Labute approximate surface area is 64.3 Å². The molecule has 0 unspecified atom stereocenters. The van der Waals surface area contributed by atoms with Gasteiger partial charge in [-0.3, -0.25) is 4.79 Å². The van der Waals surface area contributed by atoms with Gasteiger partial charge in [-0.15, -0.1) is 0 Å². The highest BCUT2D eigenvalue weighted by molar-refractivity contribution is 5.73. The first kappa shape index (κ1) is 16.2. The fourth-order valence-electron chi connectivity index (χ4n) is 0.151. The van der Waals surface area contributed by atoms with Gasteiger partial charge < -0.3 is 5.11 Å². The summed E-state index contributed by atoms with van der Waals surface area (Å²) in [6, 6.07) is 0. The molecule has 0 fully saturated rings. The van der Waals surface area contributed by atoms with Crippen LogP contribution in [0.3, 0.4) is 0 Å². The summed E-state index contributed by atoms with van der Waals surface area (Å²) in [6.45, 7) is 5.30. The second kappa shape index (κ2) is 5.27. The first-order valence-corrected chi connectivity index (χ1v) is 2.74. The van der Waals surface area contributed by atoms with Crippen LogP contribution in [-0.2, 0) is 4.79 Å². The van der Waals surface area contributed by atoms with Crippen molar-refractivity contribution in [1.82, 2.24) is 0 Å². The molecule has 0 aromatic heterocycles. The molecular weight excluding hydrogens is 128 g/mol. The van der Waals surface area contributed by atoms with Gasteiger partial charge in [0.2, 0.25) is 0 Å². The summed E-state index contributed by atoms with van der Waals surface area (Å²) >= 11 is 0. The standard InChI is InChI=1S/C6H12O2.2CH4/c1-4-6(2,3)5(7)8;;/h4H2,1-3H3,(H,7,8);2*1H4. The van der Waals surface area contributed by atoms with Crippen LogP contribution < -0.4 is 0 Å². The SMILES string of the molecule is C.C.CCC(C)(C)C(=O)O. The van der Waals surface area contributed by atoms with Gasteiger partial charge in [-0.1, -0.05) is 21.8 Å². The summed E-state index contributed by atoms with van der Waals surface area (Å²) in [4.78, 5) is 10.3. The predicted molar refractivity (Wildman–Crippen MR) is 45.2 cm³/mol. The van der Waals surface area contributed by atoms with Crippen molar-refractivity contribution in [2.24, 2.45) is 5.41 Å². The van der Waals surface area contributed by atoms with Gasteiger partial charge in [-0.2, -0.15) is 0 Å². The summed E-state index contributed by atoms with van der Waals surface area (Å²) in [7, 11) is 0. The lowest BCUT2D eigenvalue weighted by molar-refractivity contribution is -0.147. The molecule has 0 aliphatic heterocycles. The average molecular weight is 148 g/mol. The Kier molecular flexibility index (Phi) is 8.55. The van der Waals surface area contributed by atoms with Crippen LogP contribution in [-0.4, -0.2) is 11.1 Å². The summed E-state index contributed by atoms with van der Waals surface area (Å²) in [5.41, 5.74) is -0.542. The van der Waals surface area contributed by atoms with Crippen molar-refractivity contribution in [2.75, 3.05) is 0 Å². The Morgan fingerprint density at radius 3 is 1.70 bits per heavy atom. The topological polar surface area (TPSA) is 37.3 Å². The van der Waals surface area contributed by atoms with E-state index in [1.54, 1.807) is 13.8 Å². The second-order valence-corrected chi connectivity index (χ2v) is 2.54. The molecule has 64 valence electrons. The van der Waals surface area contributed by atoms with E-state index in [0.717, 1.165) is 0 Å². The van der Waals surface area contributed by atoms with Crippen LogP contribution >= 0.6 is 0 Å². The lowest BCUT2D eigenvalue weighted by Gasteiger charge is -2.14. The van der Waals surface area contributed by atoms with E-state index in [1.165, 1.54) is 0 Å². The van der Waals surface area contributed by atoms with Crippen LogP contribution in [0, 0.1) is 5.41 Å². The molecule has 0 aliphatic rings. The van der Waals surface area contributed by atoms with Gasteiger partial charge in [-0.05, 0) is 20.3 Å². The van der Waals surface area contributed by atoms with Gasteiger partial charge in [0.25, 0.3) is 0 Å². The number of carboxylic acid groups (broad SMARTS) is 1. The van der Waals surface area contributed by atoms with E-state index >= 15 is 0 Å². The fourth-order valence-corrected chi connectivity index (χ4v) is 0.151. The number of rotatable bonds is 2. The maximum absolute atomic E-state index is 10.3. The van der Waals surface area contributed by atoms with Gasteiger partial charge in [-0.25, -0.2) is 0 Å². The fraction of sp³-hybridized carbons (Fsp3) is 0.875. The molecule has 0 saturated carbocycles. The zero-order valence-electron chi connectivity index (χ0n) is 5.56. The van der Waals surface area contributed by atoms with E-state index < -0.39 is 11.4 Å². The van der Waals surface area contributed by atoms with Crippen molar-refractivity contribution in [2.45, 2.75) is 42.0 Å². The lowest BCUT2D eigenvalue weighted by Crippen LogP contribution is -2.21. The van der Waals surface area contributed by atoms with E-state index in [1.807, 2.05) is 6.92 Å². The first-order valence-electron chi connectivity index (χ1n) is 2.74. The Balaban J connectivity index is -0.000000245. The third-order valence-electron chi connectivity index (χ3n) is 1.46. The van der Waals surface area contributed by atoms with E-state index in [9.17, 15) is 4.79 Å². The molecule has 0 aromatic carbocycles. The van der Waals surface area contributed by atoms with Crippen LogP contribution in [0.4, 0.5) is 0 Å². The molecule has 0 heterocycles. The van der Waals surface area contributed by atoms with Crippen molar-refractivity contribution in [3.05, 3.63) is 0 Å². The highest BCUT2D eigenvalue weighted by atomic mass is 16.4. The van der Waals surface area contributed by atoms with Crippen molar-refractivity contribution >= 4 is 5.97 Å².